The van der Waals surface area contributed by atoms with E-state index < -0.39 is 6.10 Å². The van der Waals surface area contributed by atoms with Crippen LogP contribution in [0.5, 0.6) is 0 Å². The molecule has 0 radical (unpaired) electrons. The molecule has 0 amide bonds. The number of unbranched alkanes of at least 4 members (excludes halogenated alkanes) is 1. The molecule has 0 heterocycles. The molecule has 0 aromatic rings. The van der Waals surface area contributed by atoms with Gasteiger partial charge in [-0.3, -0.25) is 0 Å². The van der Waals surface area contributed by atoms with E-state index in [0.29, 0.717) is 26.4 Å². The van der Waals surface area contributed by atoms with Gasteiger partial charge in [-0.1, -0.05) is 13.3 Å². The summed E-state index contributed by atoms with van der Waals surface area (Å²) in [6, 6.07) is 0. The van der Waals surface area contributed by atoms with Crippen LogP contribution in [0.1, 0.15) is 39.0 Å². The van der Waals surface area contributed by atoms with E-state index in [1.54, 1.807) is 0 Å². The molecule has 0 aromatic carbocycles. The van der Waals surface area contributed by atoms with E-state index >= 15 is 0 Å². The first-order valence-corrected chi connectivity index (χ1v) is 8.45. The molecule has 5 nitrogen and oxygen atoms in total. The van der Waals surface area contributed by atoms with Gasteiger partial charge in [-0.05, 0) is 38.1 Å². The lowest BCUT2D eigenvalue weighted by Gasteiger charge is -2.12. The van der Waals surface area contributed by atoms with Gasteiger partial charge in [-0.25, -0.2) is 0 Å². The van der Waals surface area contributed by atoms with Gasteiger partial charge in [0.25, 0.3) is 0 Å². The highest BCUT2D eigenvalue weighted by Gasteiger charge is 2.20. The standard InChI is InChI=1S/C16H33NO4/c1-2-3-8-19-10-11-21-14-16(18)12-17-7-4-9-20-13-15-5-6-15/h15-18H,2-14H2,1H3. The summed E-state index contributed by atoms with van der Waals surface area (Å²) in [5.41, 5.74) is 0. The number of aliphatic hydroxyl groups excluding tert-OH is 1. The molecule has 1 unspecified atom stereocenters. The van der Waals surface area contributed by atoms with Gasteiger partial charge in [0.1, 0.15) is 0 Å². The van der Waals surface area contributed by atoms with E-state index in [1.165, 1.54) is 12.8 Å². The van der Waals surface area contributed by atoms with Crippen molar-refractivity contribution in [2.75, 3.05) is 52.7 Å². The topological polar surface area (TPSA) is 60.0 Å². The molecule has 21 heavy (non-hydrogen) atoms. The van der Waals surface area contributed by atoms with Crippen molar-refractivity contribution in [3.63, 3.8) is 0 Å². The van der Waals surface area contributed by atoms with Gasteiger partial charge in [0.15, 0.2) is 0 Å². The minimum atomic E-state index is -0.451. The van der Waals surface area contributed by atoms with Gasteiger partial charge in [-0.2, -0.15) is 0 Å². The van der Waals surface area contributed by atoms with Crippen molar-refractivity contribution in [3.8, 4) is 0 Å². The van der Waals surface area contributed by atoms with Crippen LogP contribution < -0.4 is 5.32 Å². The Labute approximate surface area is 129 Å². The number of ether oxygens (including phenoxy) is 3. The number of hydrogen-bond acceptors (Lipinski definition) is 5. The Hall–Kier alpha value is -0.200. The third-order valence-corrected chi connectivity index (χ3v) is 3.40. The zero-order valence-corrected chi connectivity index (χ0v) is 13.5. The second kappa shape index (κ2) is 13.5. The first-order valence-electron chi connectivity index (χ1n) is 8.45. The van der Waals surface area contributed by atoms with Gasteiger partial charge in [0, 0.05) is 26.4 Å². The molecule has 126 valence electrons. The van der Waals surface area contributed by atoms with Crippen molar-refractivity contribution in [1.29, 1.82) is 0 Å². The van der Waals surface area contributed by atoms with Gasteiger partial charge in [0.2, 0.25) is 0 Å². The molecule has 2 N–H and O–H groups in total. The van der Waals surface area contributed by atoms with Crippen molar-refractivity contribution in [2.24, 2.45) is 5.92 Å². The number of hydrogen-bond donors (Lipinski definition) is 2. The van der Waals surface area contributed by atoms with Crippen LogP contribution in [-0.4, -0.2) is 63.9 Å². The van der Waals surface area contributed by atoms with Crippen LogP contribution in [0.15, 0.2) is 0 Å². The Morgan fingerprint density at radius 3 is 2.57 bits per heavy atom. The fourth-order valence-corrected chi connectivity index (χ4v) is 1.85. The smallest absolute Gasteiger partial charge is 0.0897 e. The number of nitrogens with one attached hydrogen (secondary N) is 1. The first-order chi connectivity index (χ1) is 10.3. The van der Waals surface area contributed by atoms with E-state index in [9.17, 15) is 5.11 Å². The summed E-state index contributed by atoms with van der Waals surface area (Å²) in [4.78, 5) is 0. The minimum absolute atomic E-state index is 0.363. The molecule has 1 rings (SSSR count). The fraction of sp³-hybridized carbons (Fsp3) is 1.00. The molecular weight excluding hydrogens is 270 g/mol. The third-order valence-electron chi connectivity index (χ3n) is 3.40. The maximum atomic E-state index is 9.71. The average molecular weight is 303 g/mol. The second-order valence-corrected chi connectivity index (χ2v) is 5.77. The molecule has 0 aliphatic heterocycles. The maximum absolute atomic E-state index is 9.71. The summed E-state index contributed by atoms with van der Waals surface area (Å²) < 4.78 is 16.3. The number of aliphatic hydroxyl groups is 1. The molecule has 1 saturated carbocycles. The van der Waals surface area contributed by atoms with Crippen molar-refractivity contribution in [1.82, 2.24) is 5.32 Å². The molecule has 1 aliphatic rings. The Kier molecular flexibility index (Phi) is 12.1. The fourth-order valence-electron chi connectivity index (χ4n) is 1.85. The lowest BCUT2D eigenvalue weighted by Crippen LogP contribution is -2.31. The van der Waals surface area contributed by atoms with E-state index in [4.69, 9.17) is 14.2 Å². The zero-order chi connectivity index (χ0) is 15.2. The highest BCUT2D eigenvalue weighted by atomic mass is 16.5. The van der Waals surface area contributed by atoms with Crippen molar-refractivity contribution in [2.45, 2.75) is 45.1 Å². The quantitative estimate of drug-likeness (QED) is 0.424. The Bertz CT molecular complexity index is 224. The van der Waals surface area contributed by atoms with Gasteiger partial charge >= 0.3 is 0 Å². The Morgan fingerprint density at radius 1 is 1.05 bits per heavy atom. The largest absolute Gasteiger partial charge is 0.389 e. The summed E-state index contributed by atoms with van der Waals surface area (Å²) in [6.45, 7) is 7.65. The average Bonchev–Trinajstić information content (AvgIpc) is 3.29. The molecule has 1 fully saturated rings. The van der Waals surface area contributed by atoms with Crippen molar-refractivity contribution < 1.29 is 19.3 Å². The van der Waals surface area contributed by atoms with Crippen LogP contribution in [0.4, 0.5) is 0 Å². The molecule has 0 aromatic heterocycles. The molecule has 1 atom stereocenters. The van der Waals surface area contributed by atoms with Crippen LogP contribution in [0.3, 0.4) is 0 Å². The lowest BCUT2D eigenvalue weighted by molar-refractivity contribution is 0.00381. The van der Waals surface area contributed by atoms with E-state index in [-0.39, 0.29) is 0 Å². The van der Waals surface area contributed by atoms with E-state index in [0.717, 1.165) is 51.5 Å². The minimum Gasteiger partial charge on any atom is -0.389 e. The SMILES string of the molecule is CCCCOCCOCC(O)CNCCCOCC1CC1. The Balaban J connectivity index is 1.71. The van der Waals surface area contributed by atoms with Crippen LogP contribution in [0, 0.1) is 5.92 Å². The predicted molar refractivity (Wildman–Crippen MR) is 83.6 cm³/mol. The summed E-state index contributed by atoms with van der Waals surface area (Å²) in [5.74, 6) is 0.836. The van der Waals surface area contributed by atoms with Gasteiger partial charge in [-0.15, -0.1) is 0 Å². The maximum Gasteiger partial charge on any atom is 0.0897 e. The third kappa shape index (κ3) is 13.2. The monoisotopic (exact) mass is 303 g/mol. The molecule has 0 bridgehead atoms. The van der Waals surface area contributed by atoms with Crippen LogP contribution >= 0.6 is 0 Å². The second-order valence-electron chi connectivity index (χ2n) is 5.77. The van der Waals surface area contributed by atoms with Crippen molar-refractivity contribution >= 4 is 0 Å². The zero-order valence-electron chi connectivity index (χ0n) is 13.5. The van der Waals surface area contributed by atoms with E-state index in [1.807, 2.05) is 0 Å². The Morgan fingerprint density at radius 2 is 1.81 bits per heavy atom. The highest BCUT2D eigenvalue weighted by Crippen LogP contribution is 2.28. The number of rotatable bonds is 16. The van der Waals surface area contributed by atoms with Gasteiger partial charge < -0.3 is 24.6 Å². The first kappa shape index (κ1) is 18.8. The summed E-state index contributed by atoms with van der Waals surface area (Å²) in [5, 5.41) is 12.9. The lowest BCUT2D eigenvalue weighted by atomic mass is 10.3. The normalized spacial score (nSPS) is 16.3. The molecule has 0 spiro atoms. The molecule has 0 saturated heterocycles. The van der Waals surface area contributed by atoms with Crippen LogP contribution in [-0.2, 0) is 14.2 Å². The van der Waals surface area contributed by atoms with Gasteiger partial charge in [0.05, 0.1) is 25.9 Å². The summed E-state index contributed by atoms with van der Waals surface area (Å²) in [6.07, 6.45) is 5.47. The van der Waals surface area contributed by atoms with Crippen LogP contribution in [0.2, 0.25) is 0 Å². The summed E-state index contributed by atoms with van der Waals surface area (Å²) in [7, 11) is 0. The molecule has 1 aliphatic carbocycles. The predicted octanol–water partition coefficient (Wildman–Crippen LogP) is 1.59. The molecular formula is C16H33NO4. The molecule has 5 heteroatoms. The van der Waals surface area contributed by atoms with E-state index in [2.05, 4.69) is 12.2 Å². The van der Waals surface area contributed by atoms with Crippen LogP contribution in [0.25, 0.3) is 0 Å². The summed E-state index contributed by atoms with van der Waals surface area (Å²) >= 11 is 0. The van der Waals surface area contributed by atoms with Crippen molar-refractivity contribution in [3.05, 3.63) is 0 Å². The highest BCUT2D eigenvalue weighted by molar-refractivity contribution is 4.71.